The van der Waals surface area contributed by atoms with Crippen LogP contribution in [0.25, 0.3) is 5.69 Å². The Kier molecular flexibility index (Phi) is 6.11. The molecule has 0 spiro atoms. The third-order valence-electron chi connectivity index (χ3n) is 6.12. The summed E-state index contributed by atoms with van der Waals surface area (Å²) in [5.74, 6) is 0.582. The zero-order chi connectivity index (χ0) is 23.8. The van der Waals surface area contributed by atoms with Crippen LogP contribution in [-0.2, 0) is 15.0 Å². The number of carbonyl (C=O) groups is 2. The van der Waals surface area contributed by atoms with Gasteiger partial charge in [-0.15, -0.1) is 0 Å². The molecule has 0 aliphatic heterocycles. The number of carbonyl (C=O) groups excluding carboxylic acids is 2. The summed E-state index contributed by atoms with van der Waals surface area (Å²) in [6.45, 7) is 8.30. The van der Waals surface area contributed by atoms with Crippen LogP contribution < -0.4 is 5.32 Å². The summed E-state index contributed by atoms with van der Waals surface area (Å²) >= 11 is 0. The largest absolute Gasteiger partial charge is 0.336 e. The maximum atomic E-state index is 12.9. The van der Waals surface area contributed by atoms with Crippen molar-refractivity contribution in [2.75, 3.05) is 18.9 Å². The van der Waals surface area contributed by atoms with Crippen molar-refractivity contribution in [1.29, 1.82) is 0 Å². The van der Waals surface area contributed by atoms with Gasteiger partial charge in [0, 0.05) is 24.4 Å². The quantitative estimate of drug-likeness (QED) is 0.600. The van der Waals surface area contributed by atoms with Crippen molar-refractivity contribution < 1.29 is 9.59 Å². The molecule has 2 atom stereocenters. The van der Waals surface area contributed by atoms with Gasteiger partial charge in [0.2, 0.25) is 11.8 Å². The summed E-state index contributed by atoms with van der Waals surface area (Å²) in [6.07, 6.45) is 0.837. The fourth-order valence-corrected chi connectivity index (χ4v) is 4.01. The van der Waals surface area contributed by atoms with Gasteiger partial charge in [-0.05, 0) is 37.0 Å². The van der Waals surface area contributed by atoms with E-state index in [4.69, 9.17) is 5.10 Å². The lowest BCUT2D eigenvalue weighted by molar-refractivity contribution is -0.134. The second kappa shape index (κ2) is 8.85. The van der Waals surface area contributed by atoms with Crippen LogP contribution in [0, 0.1) is 12.8 Å². The first-order valence-electron chi connectivity index (χ1n) is 11.4. The Balaban J connectivity index is 1.45. The molecule has 1 saturated carbocycles. The molecular formula is C27H32N4O2. The fraction of sp³-hybridized carbons (Fsp3) is 0.370. The normalized spacial score (nSPS) is 17.5. The first-order valence-corrected chi connectivity index (χ1v) is 11.4. The van der Waals surface area contributed by atoms with Crippen LogP contribution in [0.4, 0.5) is 5.82 Å². The van der Waals surface area contributed by atoms with Gasteiger partial charge in [-0.25, -0.2) is 4.68 Å². The van der Waals surface area contributed by atoms with Gasteiger partial charge in [-0.3, -0.25) is 9.59 Å². The number of aryl methyl sites for hydroxylation is 1. The van der Waals surface area contributed by atoms with Crippen LogP contribution in [-0.4, -0.2) is 40.1 Å². The minimum Gasteiger partial charge on any atom is -0.336 e. The Morgan fingerprint density at radius 3 is 2.39 bits per heavy atom. The van der Waals surface area contributed by atoms with E-state index in [2.05, 4.69) is 38.2 Å². The van der Waals surface area contributed by atoms with Gasteiger partial charge >= 0.3 is 0 Å². The summed E-state index contributed by atoms with van der Waals surface area (Å²) in [7, 11) is 1.69. The van der Waals surface area contributed by atoms with Crippen molar-refractivity contribution >= 4 is 17.6 Å². The van der Waals surface area contributed by atoms with Crippen LogP contribution in [0.2, 0.25) is 0 Å². The second-order valence-corrected chi connectivity index (χ2v) is 10.0. The molecule has 1 heterocycles. The first kappa shape index (κ1) is 22.8. The molecule has 1 aromatic heterocycles. The Labute approximate surface area is 195 Å². The third-order valence-corrected chi connectivity index (χ3v) is 6.12. The number of nitrogens with one attached hydrogen (secondary N) is 1. The molecule has 1 aliphatic carbocycles. The van der Waals surface area contributed by atoms with E-state index in [1.165, 1.54) is 10.5 Å². The topological polar surface area (TPSA) is 67.2 Å². The molecule has 0 radical (unpaired) electrons. The molecule has 3 aromatic rings. The van der Waals surface area contributed by atoms with Gasteiger partial charge < -0.3 is 10.2 Å². The zero-order valence-corrected chi connectivity index (χ0v) is 20.0. The second-order valence-electron chi connectivity index (χ2n) is 10.0. The Morgan fingerprint density at radius 2 is 1.76 bits per heavy atom. The van der Waals surface area contributed by atoms with Crippen molar-refractivity contribution in [3.8, 4) is 5.69 Å². The highest BCUT2D eigenvalue weighted by molar-refractivity contribution is 5.95. The van der Waals surface area contributed by atoms with E-state index in [0.29, 0.717) is 5.82 Å². The first-order chi connectivity index (χ1) is 15.6. The minimum atomic E-state index is -0.239. The molecule has 172 valence electrons. The van der Waals surface area contributed by atoms with Gasteiger partial charge in [0.15, 0.2) is 0 Å². The highest BCUT2D eigenvalue weighted by Crippen LogP contribution is 2.48. The number of likely N-dealkylation sites (N-methyl/N-ethyl adjacent to an activating group) is 1. The lowest BCUT2D eigenvalue weighted by atomic mass is 9.92. The molecule has 4 rings (SSSR count). The van der Waals surface area contributed by atoms with Crippen LogP contribution >= 0.6 is 0 Å². The molecule has 2 aromatic carbocycles. The van der Waals surface area contributed by atoms with Crippen LogP contribution in [0.1, 0.15) is 49.9 Å². The molecule has 6 heteroatoms. The Bertz CT molecular complexity index is 1140. The van der Waals surface area contributed by atoms with E-state index < -0.39 is 0 Å². The molecule has 2 unspecified atom stereocenters. The van der Waals surface area contributed by atoms with Gasteiger partial charge in [0.05, 0.1) is 17.9 Å². The molecule has 0 saturated heterocycles. The van der Waals surface area contributed by atoms with Crippen molar-refractivity contribution in [2.24, 2.45) is 5.92 Å². The maximum absolute atomic E-state index is 12.9. The predicted octanol–water partition coefficient (Wildman–Crippen LogP) is 4.68. The molecule has 33 heavy (non-hydrogen) atoms. The SMILES string of the molecule is Cc1ccc(-n2nc(C(C)(C)C)cc2NC(=O)CN(C)C(=O)C2CC2c2ccccc2)cc1. The molecule has 6 nitrogen and oxygen atoms in total. The number of anilines is 1. The average molecular weight is 445 g/mol. The van der Waals surface area contributed by atoms with Crippen molar-refractivity contribution in [3.63, 3.8) is 0 Å². The highest BCUT2D eigenvalue weighted by atomic mass is 16.2. The summed E-state index contributed by atoms with van der Waals surface area (Å²) in [5.41, 5.74) is 3.93. The molecule has 1 N–H and O–H groups in total. The van der Waals surface area contributed by atoms with E-state index in [9.17, 15) is 9.59 Å². The van der Waals surface area contributed by atoms with E-state index in [1.807, 2.05) is 55.5 Å². The maximum Gasteiger partial charge on any atom is 0.245 e. The molecule has 0 bridgehead atoms. The van der Waals surface area contributed by atoms with Gasteiger partial charge in [0.1, 0.15) is 5.82 Å². The third kappa shape index (κ3) is 5.16. The van der Waals surface area contributed by atoms with Crippen molar-refractivity contribution in [3.05, 3.63) is 77.5 Å². The smallest absolute Gasteiger partial charge is 0.245 e. The van der Waals surface area contributed by atoms with Gasteiger partial charge in [-0.2, -0.15) is 5.10 Å². The van der Waals surface area contributed by atoms with Crippen LogP contribution in [0.5, 0.6) is 0 Å². The number of amides is 2. The molecule has 1 aliphatic rings. The average Bonchev–Trinajstić information content (AvgIpc) is 3.46. The Morgan fingerprint density at radius 1 is 1.09 bits per heavy atom. The van der Waals surface area contributed by atoms with Gasteiger partial charge in [0.25, 0.3) is 0 Å². The monoisotopic (exact) mass is 444 g/mol. The van der Waals surface area contributed by atoms with Gasteiger partial charge in [-0.1, -0.05) is 68.8 Å². The van der Waals surface area contributed by atoms with Crippen molar-refractivity contribution in [2.45, 2.75) is 45.4 Å². The molecule has 1 fully saturated rings. The summed E-state index contributed by atoms with van der Waals surface area (Å²) in [6, 6.07) is 20.0. The molecule has 2 amide bonds. The lowest BCUT2D eigenvalue weighted by Gasteiger charge is -2.17. The number of hydrogen-bond donors (Lipinski definition) is 1. The number of nitrogens with zero attached hydrogens (tertiary/aromatic N) is 3. The van der Waals surface area contributed by atoms with Crippen LogP contribution in [0.3, 0.4) is 0 Å². The highest BCUT2D eigenvalue weighted by Gasteiger charge is 2.45. The standard InChI is InChI=1S/C27H32N4O2/c1-18-11-13-20(14-12-18)31-24(16-23(29-31)27(2,3)4)28-25(32)17-30(5)26(33)22-15-21(22)19-9-7-6-8-10-19/h6-14,16,21-22H,15,17H2,1-5H3,(H,28,32). The minimum absolute atomic E-state index is 0.000766. The summed E-state index contributed by atoms with van der Waals surface area (Å²) in [5, 5.41) is 7.72. The summed E-state index contributed by atoms with van der Waals surface area (Å²) in [4.78, 5) is 27.3. The number of aromatic nitrogens is 2. The van der Waals surface area contributed by atoms with E-state index in [0.717, 1.165) is 23.4 Å². The summed E-state index contributed by atoms with van der Waals surface area (Å²) < 4.78 is 1.76. The van der Waals surface area contributed by atoms with E-state index >= 15 is 0 Å². The lowest BCUT2D eigenvalue weighted by Crippen LogP contribution is -2.36. The molecular weight excluding hydrogens is 412 g/mol. The van der Waals surface area contributed by atoms with E-state index in [1.54, 1.807) is 11.7 Å². The number of rotatable bonds is 6. The van der Waals surface area contributed by atoms with Crippen molar-refractivity contribution in [1.82, 2.24) is 14.7 Å². The Hall–Kier alpha value is -3.41. The number of hydrogen-bond acceptors (Lipinski definition) is 3. The van der Waals surface area contributed by atoms with Crippen LogP contribution in [0.15, 0.2) is 60.7 Å². The number of benzene rings is 2. The zero-order valence-electron chi connectivity index (χ0n) is 20.0. The van der Waals surface area contributed by atoms with E-state index in [-0.39, 0.29) is 35.6 Å². The predicted molar refractivity (Wildman–Crippen MR) is 131 cm³/mol. The fourth-order valence-electron chi connectivity index (χ4n) is 4.01.